The fourth-order valence-corrected chi connectivity index (χ4v) is 2.23. The van der Waals surface area contributed by atoms with Gasteiger partial charge in [-0.2, -0.15) is 0 Å². The number of nitro benzene ring substituents is 1. The van der Waals surface area contributed by atoms with Crippen molar-refractivity contribution in [1.82, 2.24) is 5.32 Å². The van der Waals surface area contributed by atoms with E-state index in [0.717, 1.165) is 4.90 Å². The van der Waals surface area contributed by atoms with Gasteiger partial charge in [-0.25, -0.2) is 0 Å². The van der Waals surface area contributed by atoms with E-state index in [-0.39, 0.29) is 23.5 Å². The summed E-state index contributed by atoms with van der Waals surface area (Å²) in [6.45, 7) is 2.25. The zero-order valence-electron chi connectivity index (χ0n) is 10.5. The van der Waals surface area contributed by atoms with Gasteiger partial charge in [0.25, 0.3) is 5.69 Å². The molecule has 0 aliphatic carbocycles. The molecule has 0 aromatic heterocycles. The molecule has 0 fully saturated rings. The van der Waals surface area contributed by atoms with Crippen molar-refractivity contribution in [2.24, 2.45) is 0 Å². The zero-order valence-corrected chi connectivity index (χ0v) is 11.4. The predicted molar refractivity (Wildman–Crippen MR) is 73.1 cm³/mol. The van der Waals surface area contributed by atoms with Gasteiger partial charge in [-0.15, -0.1) is 11.8 Å². The molecule has 7 heteroatoms. The Morgan fingerprint density at radius 2 is 2.11 bits per heavy atom. The van der Waals surface area contributed by atoms with E-state index >= 15 is 0 Å². The summed E-state index contributed by atoms with van der Waals surface area (Å²) < 4.78 is 0. The summed E-state index contributed by atoms with van der Waals surface area (Å²) in [5, 5.41) is 21.5. The van der Waals surface area contributed by atoms with Crippen molar-refractivity contribution in [1.29, 1.82) is 0 Å². The summed E-state index contributed by atoms with van der Waals surface area (Å²) in [6, 6.07) is 6.08. The number of hydrogen-bond acceptors (Lipinski definition) is 5. The lowest BCUT2D eigenvalue weighted by Crippen LogP contribution is -2.31. The van der Waals surface area contributed by atoms with Crippen LogP contribution in [-0.2, 0) is 4.79 Å². The monoisotopic (exact) mass is 284 g/mol. The summed E-state index contributed by atoms with van der Waals surface area (Å²) in [6.07, 6.45) is 0.528. The minimum absolute atomic E-state index is 0.0319. The second kappa shape index (κ2) is 7.75. The maximum Gasteiger partial charge on any atom is 0.269 e. The third-order valence-electron chi connectivity index (χ3n) is 2.36. The van der Waals surface area contributed by atoms with E-state index < -0.39 is 4.92 Å². The van der Waals surface area contributed by atoms with Crippen LogP contribution in [0, 0.1) is 10.1 Å². The van der Waals surface area contributed by atoms with Gasteiger partial charge in [-0.05, 0) is 25.5 Å². The van der Waals surface area contributed by atoms with Crippen molar-refractivity contribution < 1.29 is 14.8 Å². The average molecular weight is 284 g/mol. The highest BCUT2D eigenvalue weighted by Gasteiger charge is 2.14. The van der Waals surface area contributed by atoms with Crippen LogP contribution in [0.4, 0.5) is 5.69 Å². The number of aliphatic hydroxyl groups is 1. The van der Waals surface area contributed by atoms with Crippen LogP contribution in [-0.4, -0.2) is 34.3 Å². The molecule has 1 aromatic carbocycles. The Morgan fingerprint density at radius 3 is 2.63 bits per heavy atom. The largest absolute Gasteiger partial charge is 0.396 e. The van der Waals surface area contributed by atoms with Gasteiger partial charge in [0.05, 0.1) is 10.2 Å². The van der Waals surface area contributed by atoms with E-state index in [9.17, 15) is 14.9 Å². The standard InChI is InChI=1S/C12H16N2O4S/c1-9(12(16)13-7-2-8-15)19-11-5-3-10(4-6-11)14(17)18/h3-6,9,15H,2,7-8H2,1H3,(H,13,16). The molecule has 0 radical (unpaired) electrons. The minimum atomic E-state index is -0.459. The van der Waals surface area contributed by atoms with E-state index in [1.807, 2.05) is 0 Å². The lowest BCUT2D eigenvalue weighted by atomic mass is 10.3. The number of aliphatic hydroxyl groups excluding tert-OH is 1. The van der Waals surface area contributed by atoms with Crippen LogP contribution in [0.3, 0.4) is 0 Å². The van der Waals surface area contributed by atoms with E-state index in [1.165, 1.54) is 23.9 Å². The Hall–Kier alpha value is -1.60. The van der Waals surface area contributed by atoms with Gasteiger partial charge < -0.3 is 10.4 Å². The van der Waals surface area contributed by atoms with Crippen LogP contribution in [0.5, 0.6) is 0 Å². The fourth-order valence-electron chi connectivity index (χ4n) is 1.34. The first kappa shape index (κ1) is 15.5. The number of nitro groups is 1. The molecular formula is C12H16N2O4S. The van der Waals surface area contributed by atoms with Gasteiger partial charge in [0, 0.05) is 30.2 Å². The number of carbonyl (C=O) groups excluding carboxylic acids is 1. The van der Waals surface area contributed by atoms with Gasteiger partial charge in [0.1, 0.15) is 0 Å². The lowest BCUT2D eigenvalue weighted by Gasteiger charge is -2.11. The SMILES string of the molecule is CC(Sc1ccc([N+](=O)[O-])cc1)C(=O)NCCCO. The number of non-ortho nitro benzene ring substituents is 1. The number of rotatable bonds is 7. The van der Waals surface area contributed by atoms with Crippen LogP contribution in [0.2, 0.25) is 0 Å². The molecule has 0 heterocycles. The molecule has 1 atom stereocenters. The molecule has 1 rings (SSSR count). The van der Waals surface area contributed by atoms with Gasteiger partial charge >= 0.3 is 0 Å². The number of hydrogen-bond donors (Lipinski definition) is 2. The van der Waals surface area contributed by atoms with Gasteiger partial charge in [-0.3, -0.25) is 14.9 Å². The smallest absolute Gasteiger partial charge is 0.269 e. The van der Waals surface area contributed by atoms with Crippen molar-refractivity contribution in [3.63, 3.8) is 0 Å². The van der Waals surface area contributed by atoms with Crippen LogP contribution in [0.1, 0.15) is 13.3 Å². The summed E-state index contributed by atoms with van der Waals surface area (Å²) in [4.78, 5) is 22.5. The minimum Gasteiger partial charge on any atom is -0.396 e. The normalized spacial score (nSPS) is 11.9. The first-order valence-electron chi connectivity index (χ1n) is 5.84. The van der Waals surface area contributed by atoms with Crippen molar-refractivity contribution in [2.75, 3.05) is 13.2 Å². The molecule has 1 aromatic rings. The van der Waals surface area contributed by atoms with Crippen LogP contribution in [0.15, 0.2) is 29.2 Å². The number of benzene rings is 1. The number of carbonyl (C=O) groups is 1. The van der Waals surface area contributed by atoms with E-state index in [0.29, 0.717) is 13.0 Å². The molecule has 19 heavy (non-hydrogen) atoms. The summed E-state index contributed by atoms with van der Waals surface area (Å²) in [5.74, 6) is -0.114. The highest BCUT2D eigenvalue weighted by Crippen LogP contribution is 2.25. The van der Waals surface area contributed by atoms with Crippen molar-refractivity contribution in [2.45, 2.75) is 23.5 Å². The first-order chi connectivity index (χ1) is 9.04. The molecule has 0 spiro atoms. The van der Waals surface area contributed by atoms with E-state index in [2.05, 4.69) is 5.32 Å². The van der Waals surface area contributed by atoms with Crippen molar-refractivity contribution >= 4 is 23.4 Å². The molecule has 6 nitrogen and oxygen atoms in total. The molecule has 0 aliphatic rings. The first-order valence-corrected chi connectivity index (χ1v) is 6.72. The summed E-state index contributed by atoms with van der Waals surface area (Å²) in [7, 11) is 0. The molecule has 1 amide bonds. The second-order valence-electron chi connectivity index (χ2n) is 3.88. The zero-order chi connectivity index (χ0) is 14.3. The van der Waals surface area contributed by atoms with E-state index in [1.54, 1.807) is 19.1 Å². The molecule has 104 valence electrons. The Kier molecular flexibility index (Phi) is 6.31. The number of nitrogens with zero attached hydrogens (tertiary/aromatic N) is 1. The fraction of sp³-hybridized carbons (Fsp3) is 0.417. The molecular weight excluding hydrogens is 268 g/mol. The highest BCUT2D eigenvalue weighted by molar-refractivity contribution is 8.00. The highest BCUT2D eigenvalue weighted by atomic mass is 32.2. The predicted octanol–water partition coefficient (Wildman–Crippen LogP) is 1.57. The van der Waals surface area contributed by atoms with Gasteiger partial charge in [0.15, 0.2) is 0 Å². The topological polar surface area (TPSA) is 92.5 Å². The molecule has 0 saturated carbocycles. The maximum absolute atomic E-state index is 11.7. The third-order valence-corrected chi connectivity index (χ3v) is 3.48. The van der Waals surface area contributed by atoms with E-state index in [4.69, 9.17) is 5.11 Å². The van der Waals surface area contributed by atoms with Crippen LogP contribution in [0.25, 0.3) is 0 Å². The van der Waals surface area contributed by atoms with Gasteiger partial charge in [0.2, 0.25) is 5.91 Å². The van der Waals surface area contributed by atoms with Gasteiger partial charge in [-0.1, -0.05) is 0 Å². The average Bonchev–Trinajstić information content (AvgIpc) is 2.39. The molecule has 0 bridgehead atoms. The summed E-state index contributed by atoms with van der Waals surface area (Å²) in [5.41, 5.74) is 0.0319. The maximum atomic E-state index is 11.7. The van der Waals surface area contributed by atoms with Crippen LogP contribution < -0.4 is 5.32 Å². The molecule has 0 saturated heterocycles. The van der Waals surface area contributed by atoms with Crippen molar-refractivity contribution in [3.8, 4) is 0 Å². The Morgan fingerprint density at radius 1 is 1.47 bits per heavy atom. The Bertz CT molecular complexity index is 436. The molecule has 1 unspecified atom stereocenters. The number of amides is 1. The Labute approximate surface area is 115 Å². The Balaban J connectivity index is 2.49. The molecule has 2 N–H and O–H groups in total. The van der Waals surface area contributed by atoms with Crippen LogP contribution >= 0.6 is 11.8 Å². The second-order valence-corrected chi connectivity index (χ2v) is 5.29. The number of nitrogens with one attached hydrogen (secondary N) is 1. The lowest BCUT2D eigenvalue weighted by molar-refractivity contribution is -0.384. The number of thioether (sulfide) groups is 1. The third kappa shape index (κ3) is 5.27. The van der Waals surface area contributed by atoms with Crippen molar-refractivity contribution in [3.05, 3.63) is 34.4 Å². The quantitative estimate of drug-likeness (QED) is 0.343. The molecule has 0 aliphatic heterocycles. The summed E-state index contributed by atoms with van der Waals surface area (Å²) >= 11 is 1.33.